The minimum absolute atomic E-state index is 0.0445. The van der Waals surface area contributed by atoms with E-state index in [0.717, 1.165) is 18.2 Å². The lowest BCUT2D eigenvalue weighted by atomic mass is 10.3. The van der Waals surface area contributed by atoms with Gasteiger partial charge in [-0.25, -0.2) is 18.7 Å². The van der Waals surface area contributed by atoms with Crippen LogP contribution in [0, 0.1) is 11.6 Å². The Bertz CT molecular complexity index is 502. The van der Waals surface area contributed by atoms with Gasteiger partial charge in [-0.2, -0.15) is 0 Å². The van der Waals surface area contributed by atoms with Crippen LogP contribution in [0.2, 0.25) is 0 Å². The fourth-order valence-electron chi connectivity index (χ4n) is 1.08. The van der Waals surface area contributed by atoms with E-state index in [0.29, 0.717) is 4.60 Å². The molecule has 0 bridgehead atoms. The van der Waals surface area contributed by atoms with Gasteiger partial charge in [0.15, 0.2) is 0 Å². The van der Waals surface area contributed by atoms with Crippen LogP contribution in [0.15, 0.2) is 35.2 Å². The Balaban J connectivity index is 2.27. The molecule has 0 atom stereocenters. The van der Waals surface area contributed by atoms with Gasteiger partial charge in [-0.1, -0.05) is 0 Å². The van der Waals surface area contributed by atoms with E-state index in [1.54, 1.807) is 0 Å². The molecule has 0 aliphatic carbocycles. The summed E-state index contributed by atoms with van der Waals surface area (Å²) in [7, 11) is 0. The molecule has 0 aliphatic heterocycles. The van der Waals surface area contributed by atoms with Crippen LogP contribution in [0.4, 0.5) is 8.78 Å². The van der Waals surface area contributed by atoms with Gasteiger partial charge in [0.1, 0.15) is 28.3 Å². The molecule has 0 fully saturated rings. The number of ether oxygens (including phenoxy) is 1. The normalized spacial score (nSPS) is 10.2. The van der Waals surface area contributed by atoms with Crippen molar-refractivity contribution in [3.63, 3.8) is 0 Å². The molecule has 0 amide bonds. The van der Waals surface area contributed by atoms with Crippen LogP contribution in [-0.4, -0.2) is 9.97 Å². The molecule has 0 saturated carbocycles. The van der Waals surface area contributed by atoms with Crippen LogP contribution in [0.5, 0.6) is 11.6 Å². The van der Waals surface area contributed by atoms with E-state index in [4.69, 9.17) is 4.74 Å². The first-order valence-corrected chi connectivity index (χ1v) is 5.04. The van der Waals surface area contributed by atoms with Crippen molar-refractivity contribution in [3.05, 3.63) is 46.8 Å². The van der Waals surface area contributed by atoms with Crippen LogP contribution in [0.3, 0.4) is 0 Å². The van der Waals surface area contributed by atoms with Crippen molar-refractivity contribution in [2.45, 2.75) is 0 Å². The Morgan fingerprint density at radius 2 is 1.69 bits per heavy atom. The molecule has 3 nitrogen and oxygen atoms in total. The van der Waals surface area contributed by atoms with Crippen molar-refractivity contribution in [2.24, 2.45) is 0 Å². The first-order valence-electron chi connectivity index (χ1n) is 4.25. The minimum Gasteiger partial charge on any atom is -0.439 e. The second-order valence-electron chi connectivity index (χ2n) is 2.89. The molecule has 1 aromatic carbocycles. The minimum atomic E-state index is -0.705. The van der Waals surface area contributed by atoms with Crippen molar-refractivity contribution in [1.29, 1.82) is 0 Å². The molecule has 0 spiro atoms. The fourth-order valence-corrected chi connectivity index (χ4v) is 1.37. The van der Waals surface area contributed by atoms with E-state index in [9.17, 15) is 8.78 Å². The van der Waals surface area contributed by atoms with E-state index in [1.165, 1.54) is 12.4 Å². The highest BCUT2D eigenvalue weighted by molar-refractivity contribution is 9.10. The van der Waals surface area contributed by atoms with E-state index in [2.05, 4.69) is 25.9 Å². The summed E-state index contributed by atoms with van der Waals surface area (Å²) < 4.78 is 31.4. The van der Waals surface area contributed by atoms with E-state index in [-0.39, 0.29) is 11.6 Å². The molecule has 82 valence electrons. The molecule has 0 N–H and O–H groups in total. The van der Waals surface area contributed by atoms with Crippen LogP contribution < -0.4 is 4.74 Å². The molecular formula is C10H5BrF2N2O. The average Bonchev–Trinajstić information content (AvgIpc) is 2.15. The van der Waals surface area contributed by atoms with Crippen LogP contribution in [-0.2, 0) is 0 Å². The molecular weight excluding hydrogens is 282 g/mol. The summed E-state index contributed by atoms with van der Waals surface area (Å²) in [6.07, 6.45) is 1.27. The lowest BCUT2D eigenvalue weighted by Gasteiger charge is -2.04. The van der Waals surface area contributed by atoms with Crippen molar-refractivity contribution in [2.75, 3.05) is 0 Å². The zero-order chi connectivity index (χ0) is 11.5. The predicted molar refractivity (Wildman–Crippen MR) is 56.2 cm³/mol. The molecule has 0 aliphatic rings. The molecule has 16 heavy (non-hydrogen) atoms. The predicted octanol–water partition coefficient (Wildman–Crippen LogP) is 3.31. The summed E-state index contributed by atoms with van der Waals surface area (Å²) in [5, 5.41) is 0. The van der Waals surface area contributed by atoms with Crippen LogP contribution in [0.1, 0.15) is 0 Å². The van der Waals surface area contributed by atoms with Crippen molar-refractivity contribution < 1.29 is 13.5 Å². The molecule has 1 aromatic heterocycles. The topological polar surface area (TPSA) is 35.0 Å². The van der Waals surface area contributed by atoms with Gasteiger partial charge in [0.25, 0.3) is 0 Å². The van der Waals surface area contributed by atoms with Gasteiger partial charge in [0, 0.05) is 24.3 Å². The summed E-state index contributed by atoms with van der Waals surface area (Å²) in [6.45, 7) is 0. The third-order valence-electron chi connectivity index (χ3n) is 1.67. The highest BCUT2D eigenvalue weighted by atomic mass is 79.9. The molecule has 0 saturated heterocycles. The standard InChI is InChI=1S/C10H5BrF2N2O/c11-9-4-10(15-5-14-9)16-8-2-6(12)1-7(13)3-8/h1-5H. The molecule has 1 heterocycles. The number of aromatic nitrogens is 2. The summed E-state index contributed by atoms with van der Waals surface area (Å²) >= 11 is 3.13. The highest BCUT2D eigenvalue weighted by Gasteiger charge is 2.04. The lowest BCUT2D eigenvalue weighted by Crippen LogP contribution is -1.90. The second kappa shape index (κ2) is 4.52. The number of rotatable bonds is 2. The SMILES string of the molecule is Fc1cc(F)cc(Oc2cc(Br)ncn2)c1. The number of hydrogen-bond acceptors (Lipinski definition) is 3. The summed E-state index contributed by atoms with van der Waals surface area (Å²) in [5.74, 6) is -1.17. The Morgan fingerprint density at radius 1 is 1.00 bits per heavy atom. The Hall–Kier alpha value is -1.56. The van der Waals surface area contributed by atoms with E-state index >= 15 is 0 Å². The zero-order valence-electron chi connectivity index (χ0n) is 7.82. The monoisotopic (exact) mass is 286 g/mol. The highest BCUT2D eigenvalue weighted by Crippen LogP contribution is 2.22. The first-order chi connectivity index (χ1) is 7.63. The third-order valence-corrected chi connectivity index (χ3v) is 2.10. The van der Waals surface area contributed by atoms with Gasteiger partial charge in [0.2, 0.25) is 5.88 Å². The molecule has 2 rings (SSSR count). The first kappa shape index (κ1) is 10.9. The Kier molecular flexibility index (Phi) is 3.09. The van der Waals surface area contributed by atoms with Gasteiger partial charge >= 0.3 is 0 Å². The van der Waals surface area contributed by atoms with Crippen molar-refractivity contribution in [1.82, 2.24) is 9.97 Å². The van der Waals surface area contributed by atoms with Gasteiger partial charge in [0.05, 0.1) is 0 Å². The molecule has 6 heteroatoms. The number of nitrogens with zero attached hydrogens (tertiary/aromatic N) is 2. The maximum atomic E-state index is 12.8. The maximum Gasteiger partial charge on any atom is 0.223 e. The summed E-state index contributed by atoms with van der Waals surface area (Å²) in [6, 6.07) is 4.39. The number of halogens is 3. The molecule has 0 unspecified atom stereocenters. The van der Waals surface area contributed by atoms with E-state index in [1.807, 2.05) is 0 Å². The van der Waals surface area contributed by atoms with Crippen molar-refractivity contribution in [3.8, 4) is 11.6 Å². The number of hydrogen-bond donors (Lipinski definition) is 0. The number of benzene rings is 1. The van der Waals surface area contributed by atoms with E-state index < -0.39 is 11.6 Å². The smallest absolute Gasteiger partial charge is 0.223 e. The van der Waals surface area contributed by atoms with Gasteiger partial charge < -0.3 is 4.74 Å². The molecule has 0 radical (unpaired) electrons. The Morgan fingerprint density at radius 3 is 2.31 bits per heavy atom. The van der Waals surface area contributed by atoms with Crippen LogP contribution >= 0.6 is 15.9 Å². The van der Waals surface area contributed by atoms with Gasteiger partial charge in [-0.15, -0.1) is 0 Å². The second-order valence-corrected chi connectivity index (χ2v) is 3.70. The van der Waals surface area contributed by atoms with Crippen LogP contribution in [0.25, 0.3) is 0 Å². The average molecular weight is 287 g/mol. The fraction of sp³-hybridized carbons (Fsp3) is 0. The molecule has 2 aromatic rings. The third kappa shape index (κ3) is 2.73. The zero-order valence-corrected chi connectivity index (χ0v) is 9.41. The largest absolute Gasteiger partial charge is 0.439 e. The summed E-state index contributed by atoms with van der Waals surface area (Å²) in [4.78, 5) is 7.58. The Labute approximate surface area is 98.2 Å². The van der Waals surface area contributed by atoms with Gasteiger partial charge in [-0.05, 0) is 15.9 Å². The van der Waals surface area contributed by atoms with Gasteiger partial charge in [-0.3, -0.25) is 0 Å². The lowest BCUT2D eigenvalue weighted by molar-refractivity contribution is 0.449. The quantitative estimate of drug-likeness (QED) is 0.795. The summed E-state index contributed by atoms with van der Waals surface area (Å²) in [5.41, 5.74) is 0. The van der Waals surface area contributed by atoms with Crippen molar-refractivity contribution >= 4 is 15.9 Å². The maximum absolute atomic E-state index is 12.8.